The van der Waals surface area contributed by atoms with Gasteiger partial charge >= 0.3 is 0 Å². The molecule has 1 spiro atoms. The summed E-state index contributed by atoms with van der Waals surface area (Å²) in [6, 6.07) is 11.4. The summed E-state index contributed by atoms with van der Waals surface area (Å²) in [7, 11) is 3.39. The molecule has 0 atom stereocenters. The lowest BCUT2D eigenvalue weighted by Crippen LogP contribution is -2.54. The van der Waals surface area contributed by atoms with Crippen molar-refractivity contribution >= 4 is 5.69 Å². The maximum atomic E-state index is 13.6. The summed E-state index contributed by atoms with van der Waals surface area (Å²) in [6.45, 7) is 0. The summed E-state index contributed by atoms with van der Waals surface area (Å²) in [4.78, 5) is 0. The van der Waals surface area contributed by atoms with Crippen molar-refractivity contribution in [2.45, 2.75) is 24.4 Å². The molecule has 0 saturated heterocycles. The Labute approximate surface area is 133 Å². The Hall–Kier alpha value is -2.30. The molecule has 23 heavy (non-hydrogen) atoms. The fourth-order valence-electron chi connectivity index (χ4n) is 3.56. The van der Waals surface area contributed by atoms with E-state index in [1.807, 2.05) is 43.4 Å². The fourth-order valence-corrected chi connectivity index (χ4v) is 3.56. The minimum absolute atomic E-state index is 0.302. The molecule has 1 fully saturated rings. The first-order valence-corrected chi connectivity index (χ1v) is 7.54. The van der Waals surface area contributed by atoms with Crippen LogP contribution in [0.25, 0.3) is 11.1 Å². The summed E-state index contributed by atoms with van der Waals surface area (Å²) >= 11 is 0. The lowest BCUT2D eigenvalue weighted by atomic mass is 9.68. The minimum atomic E-state index is -2.68. The number of benzene rings is 2. The lowest BCUT2D eigenvalue weighted by molar-refractivity contribution is -0.198. The smallest absolute Gasteiger partial charge is 0.256 e. The molecule has 2 aromatic carbocycles. The topological polar surface area (TPSA) is 30.5 Å². The van der Waals surface area contributed by atoms with Crippen LogP contribution in [0.2, 0.25) is 0 Å². The number of nitrogens with one attached hydrogen (secondary N) is 1. The van der Waals surface area contributed by atoms with Crippen molar-refractivity contribution in [1.82, 2.24) is 0 Å². The number of hydrogen-bond donors (Lipinski definition) is 1. The molecular formula is C18H17F2NO2. The van der Waals surface area contributed by atoms with Gasteiger partial charge in [-0.1, -0.05) is 6.07 Å². The first kappa shape index (κ1) is 14.3. The van der Waals surface area contributed by atoms with Crippen LogP contribution in [0.15, 0.2) is 36.4 Å². The molecule has 4 rings (SSSR count). The van der Waals surface area contributed by atoms with Gasteiger partial charge in [0.1, 0.15) is 17.1 Å². The predicted octanol–water partition coefficient (Wildman–Crippen LogP) is 4.42. The van der Waals surface area contributed by atoms with E-state index < -0.39 is 11.5 Å². The van der Waals surface area contributed by atoms with Gasteiger partial charge in [0.2, 0.25) is 0 Å². The third-order valence-electron chi connectivity index (χ3n) is 4.67. The number of rotatable bonds is 2. The first-order chi connectivity index (χ1) is 11.0. The van der Waals surface area contributed by atoms with Crippen LogP contribution in [0.3, 0.4) is 0 Å². The summed E-state index contributed by atoms with van der Waals surface area (Å²) in [5.74, 6) is -1.39. The summed E-state index contributed by atoms with van der Waals surface area (Å²) in [6.07, 6.45) is -0.604. The molecule has 120 valence electrons. The van der Waals surface area contributed by atoms with E-state index in [0.717, 1.165) is 22.4 Å². The number of anilines is 1. The molecule has 3 nitrogen and oxygen atoms in total. The van der Waals surface area contributed by atoms with Crippen LogP contribution in [0.5, 0.6) is 11.5 Å². The predicted molar refractivity (Wildman–Crippen MR) is 84.5 cm³/mol. The number of alkyl halides is 2. The summed E-state index contributed by atoms with van der Waals surface area (Å²) in [5.41, 5.74) is 2.56. The molecule has 0 radical (unpaired) electrons. The van der Waals surface area contributed by atoms with Crippen molar-refractivity contribution < 1.29 is 18.3 Å². The molecule has 0 unspecified atom stereocenters. The van der Waals surface area contributed by atoms with E-state index >= 15 is 0 Å². The van der Waals surface area contributed by atoms with E-state index in [1.54, 1.807) is 7.11 Å². The molecule has 1 heterocycles. The van der Waals surface area contributed by atoms with Crippen LogP contribution in [-0.4, -0.2) is 20.1 Å². The average Bonchev–Trinajstić information content (AvgIpc) is 2.52. The van der Waals surface area contributed by atoms with Gasteiger partial charge in [0, 0.05) is 29.9 Å². The summed E-state index contributed by atoms with van der Waals surface area (Å²) in [5, 5.41) is 3.05. The van der Waals surface area contributed by atoms with Gasteiger partial charge in [-0.3, -0.25) is 0 Å². The molecular weight excluding hydrogens is 300 g/mol. The molecule has 1 N–H and O–H groups in total. The summed E-state index contributed by atoms with van der Waals surface area (Å²) < 4.78 is 38.6. The highest BCUT2D eigenvalue weighted by Crippen LogP contribution is 2.60. The number of methoxy groups -OCH3 is 1. The lowest BCUT2D eigenvalue weighted by Gasteiger charge is -2.50. The number of fused-ring (bicyclic) bond motifs is 4. The average molecular weight is 317 g/mol. The number of hydrogen-bond acceptors (Lipinski definition) is 3. The Morgan fingerprint density at radius 1 is 1.09 bits per heavy atom. The van der Waals surface area contributed by atoms with E-state index in [9.17, 15) is 8.78 Å². The second kappa shape index (κ2) is 4.60. The highest BCUT2D eigenvalue weighted by Gasteiger charge is 2.61. The third-order valence-corrected chi connectivity index (χ3v) is 4.67. The normalized spacial score (nSPS) is 19.1. The van der Waals surface area contributed by atoms with E-state index in [1.165, 1.54) is 0 Å². The SMILES string of the molecule is CNc1ccc2c(c1)OC1(CC(F)(F)C1)c1cc(OC)ccc1-2. The monoisotopic (exact) mass is 317 g/mol. The van der Waals surface area contributed by atoms with Crippen molar-refractivity contribution in [3.05, 3.63) is 42.0 Å². The largest absolute Gasteiger partial charge is 0.497 e. The van der Waals surface area contributed by atoms with Crippen LogP contribution in [0.4, 0.5) is 14.5 Å². The first-order valence-electron chi connectivity index (χ1n) is 7.54. The molecule has 2 aromatic rings. The van der Waals surface area contributed by atoms with Gasteiger partial charge in [-0.2, -0.15) is 0 Å². The maximum absolute atomic E-state index is 13.6. The Morgan fingerprint density at radius 3 is 2.48 bits per heavy atom. The second-order valence-corrected chi connectivity index (χ2v) is 6.18. The van der Waals surface area contributed by atoms with Crippen LogP contribution < -0.4 is 14.8 Å². The Morgan fingerprint density at radius 2 is 1.83 bits per heavy atom. The second-order valence-electron chi connectivity index (χ2n) is 6.18. The van der Waals surface area contributed by atoms with Crippen LogP contribution in [0.1, 0.15) is 18.4 Å². The zero-order chi connectivity index (χ0) is 16.2. The molecule has 2 aliphatic rings. The quantitative estimate of drug-likeness (QED) is 0.889. The van der Waals surface area contributed by atoms with Gasteiger partial charge in [0.05, 0.1) is 20.0 Å². The van der Waals surface area contributed by atoms with Gasteiger partial charge in [0.15, 0.2) is 0 Å². The highest BCUT2D eigenvalue weighted by atomic mass is 19.3. The van der Waals surface area contributed by atoms with Gasteiger partial charge < -0.3 is 14.8 Å². The van der Waals surface area contributed by atoms with Crippen molar-refractivity contribution in [1.29, 1.82) is 0 Å². The van der Waals surface area contributed by atoms with Crippen molar-refractivity contribution in [2.75, 3.05) is 19.5 Å². The number of ether oxygens (including phenoxy) is 2. The zero-order valence-corrected chi connectivity index (χ0v) is 13.0. The zero-order valence-electron chi connectivity index (χ0n) is 13.0. The highest BCUT2D eigenvalue weighted by molar-refractivity contribution is 5.79. The van der Waals surface area contributed by atoms with Gasteiger partial charge in [-0.05, 0) is 29.8 Å². The molecule has 1 aliphatic carbocycles. The van der Waals surface area contributed by atoms with Crippen molar-refractivity contribution in [3.8, 4) is 22.6 Å². The van der Waals surface area contributed by atoms with E-state index in [4.69, 9.17) is 9.47 Å². The Kier molecular flexibility index (Phi) is 2.86. The van der Waals surface area contributed by atoms with E-state index in [0.29, 0.717) is 11.5 Å². The van der Waals surface area contributed by atoms with E-state index in [-0.39, 0.29) is 12.8 Å². The van der Waals surface area contributed by atoms with Crippen LogP contribution in [-0.2, 0) is 5.60 Å². The van der Waals surface area contributed by atoms with Crippen molar-refractivity contribution in [3.63, 3.8) is 0 Å². The molecule has 0 bridgehead atoms. The van der Waals surface area contributed by atoms with Crippen LogP contribution >= 0.6 is 0 Å². The molecule has 1 aliphatic heterocycles. The van der Waals surface area contributed by atoms with Gasteiger partial charge in [0.25, 0.3) is 5.92 Å². The fraction of sp³-hybridized carbons (Fsp3) is 0.333. The maximum Gasteiger partial charge on any atom is 0.256 e. The minimum Gasteiger partial charge on any atom is -0.497 e. The number of halogens is 2. The Balaban J connectivity index is 1.90. The molecule has 0 aromatic heterocycles. The van der Waals surface area contributed by atoms with Gasteiger partial charge in [-0.15, -0.1) is 0 Å². The van der Waals surface area contributed by atoms with Gasteiger partial charge in [-0.25, -0.2) is 8.78 Å². The molecule has 0 amide bonds. The molecule has 5 heteroatoms. The standard InChI is InChI=1S/C18H17F2NO2/c1-21-11-3-5-14-13-6-4-12(22-2)8-15(13)17(23-16(14)7-11)9-18(19,20)10-17/h3-8,21H,9-10H2,1-2H3. The third kappa shape index (κ3) is 2.06. The Bertz CT molecular complexity index is 781. The van der Waals surface area contributed by atoms with E-state index in [2.05, 4.69) is 5.32 Å². The molecule has 1 saturated carbocycles. The van der Waals surface area contributed by atoms with Crippen molar-refractivity contribution in [2.24, 2.45) is 0 Å². The van der Waals surface area contributed by atoms with Crippen LogP contribution in [0, 0.1) is 0 Å².